The number of nitrogens with zero attached hydrogens (tertiary/aromatic N) is 1. The van der Waals surface area contributed by atoms with Crippen LogP contribution >= 0.6 is 0 Å². The molecule has 1 aliphatic rings. The van der Waals surface area contributed by atoms with Crippen LogP contribution in [0.1, 0.15) is 12.8 Å². The lowest BCUT2D eigenvalue weighted by molar-refractivity contribution is -0.121. The molecule has 33 heavy (non-hydrogen) atoms. The van der Waals surface area contributed by atoms with Crippen LogP contribution in [0.4, 0.5) is 0 Å². The Labute approximate surface area is 194 Å². The first-order valence-corrected chi connectivity index (χ1v) is 12.3. The second-order valence-electron chi connectivity index (χ2n) is 7.31. The van der Waals surface area contributed by atoms with E-state index >= 15 is 0 Å². The van der Waals surface area contributed by atoms with Crippen LogP contribution in [-0.2, 0) is 19.6 Å². The number of carbonyl (C=O) groups excluding carboxylic acids is 1. The molecule has 2 aromatic rings. The van der Waals surface area contributed by atoms with Crippen LogP contribution in [0, 0.1) is 0 Å². The van der Waals surface area contributed by atoms with Gasteiger partial charge in [0.05, 0.1) is 38.4 Å². The molecule has 0 aromatic heterocycles. The van der Waals surface area contributed by atoms with Crippen LogP contribution in [0.5, 0.6) is 17.2 Å². The summed E-state index contributed by atoms with van der Waals surface area (Å²) in [6, 6.07) is 13.6. The number of rotatable bonds is 12. The molecule has 0 unspecified atom stereocenters. The molecule has 0 spiro atoms. The summed E-state index contributed by atoms with van der Waals surface area (Å²) in [7, 11) is -1.92. The quantitative estimate of drug-likeness (QED) is 0.466. The number of hydrogen-bond donors (Lipinski definition) is 1. The first-order valence-electron chi connectivity index (χ1n) is 10.8. The van der Waals surface area contributed by atoms with Crippen molar-refractivity contribution in [1.29, 1.82) is 0 Å². The number of methoxy groups -OCH3 is 1. The van der Waals surface area contributed by atoms with E-state index in [2.05, 4.69) is 5.32 Å². The molecule has 9 nitrogen and oxygen atoms in total. The molecule has 0 atom stereocenters. The monoisotopic (exact) mass is 478 g/mol. The van der Waals surface area contributed by atoms with Crippen LogP contribution < -0.4 is 19.5 Å². The highest BCUT2D eigenvalue weighted by atomic mass is 32.2. The van der Waals surface area contributed by atoms with E-state index in [1.54, 1.807) is 19.2 Å². The zero-order valence-corrected chi connectivity index (χ0v) is 19.5. The predicted molar refractivity (Wildman–Crippen MR) is 122 cm³/mol. The van der Waals surface area contributed by atoms with E-state index in [9.17, 15) is 13.2 Å². The van der Waals surface area contributed by atoms with Gasteiger partial charge in [0.2, 0.25) is 15.9 Å². The third-order valence-corrected chi connectivity index (χ3v) is 6.91. The van der Waals surface area contributed by atoms with Crippen molar-refractivity contribution >= 4 is 15.9 Å². The Bertz CT molecular complexity index is 973. The fourth-order valence-corrected chi connectivity index (χ4v) is 4.59. The van der Waals surface area contributed by atoms with Crippen molar-refractivity contribution in [1.82, 2.24) is 9.62 Å². The van der Waals surface area contributed by atoms with Crippen LogP contribution in [0.25, 0.3) is 0 Å². The van der Waals surface area contributed by atoms with Crippen molar-refractivity contribution in [2.75, 3.05) is 53.2 Å². The van der Waals surface area contributed by atoms with E-state index in [4.69, 9.17) is 18.9 Å². The predicted octanol–water partition coefficient (Wildman–Crippen LogP) is 2.07. The Kier molecular flexibility index (Phi) is 9.35. The normalized spacial score (nSPS) is 14.5. The maximum atomic E-state index is 12.6. The largest absolute Gasteiger partial charge is 0.497 e. The average Bonchev–Trinajstić information content (AvgIpc) is 2.85. The number of hydrogen-bond acceptors (Lipinski definition) is 7. The Balaban J connectivity index is 1.30. The van der Waals surface area contributed by atoms with E-state index in [1.165, 1.54) is 16.4 Å². The van der Waals surface area contributed by atoms with E-state index in [0.717, 1.165) is 11.5 Å². The van der Waals surface area contributed by atoms with Crippen LogP contribution in [-0.4, -0.2) is 71.8 Å². The summed E-state index contributed by atoms with van der Waals surface area (Å²) < 4.78 is 48.1. The third-order valence-electron chi connectivity index (χ3n) is 5.00. The Morgan fingerprint density at radius 2 is 1.52 bits per heavy atom. The molecule has 1 N–H and O–H groups in total. The first-order chi connectivity index (χ1) is 16.0. The van der Waals surface area contributed by atoms with Gasteiger partial charge in [-0.25, -0.2) is 8.42 Å². The van der Waals surface area contributed by atoms with Gasteiger partial charge in [0.1, 0.15) is 23.9 Å². The second kappa shape index (κ2) is 12.4. The summed E-state index contributed by atoms with van der Waals surface area (Å²) in [6.07, 6.45) is 0.946. The zero-order valence-electron chi connectivity index (χ0n) is 18.7. The number of amides is 1. The van der Waals surface area contributed by atoms with Gasteiger partial charge >= 0.3 is 0 Å². The number of carbonyl (C=O) groups is 1. The maximum Gasteiger partial charge on any atom is 0.243 e. The number of benzene rings is 2. The van der Waals surface area contributed by atoms with Gasteiger partial charge in [0.25, 0.3) is 0 Å². The molecule has 1 fully saturated rings. The average molecular weight is 479 g/mol. The topological polar surface area (TPSA) is 103 Å². The van der Waals surface area contributed by atoms with Crippen molar-refractivity contribution in [3.63, 3.8) is 0 Å². The molecule has 0 aliphatic carbocycles. The summed E-state index contributed by atoms with van der Waals surface area (Å²) in [5.74, 6) is 1.95. The van der Waals surface area contributed by atoms with Gasteiger partial charge in [-0.1, -0.05) is 0 Å². The van der Waals surface area contributed by atoms with E-state index in [0.29, 0.717) is 58.0 Å². The molecule has 1 heterocycles. The Hall–Kier alpha value is -2.82. The van der Waals surface area contributed by atoms with Gasteiger partial charge < -0.3 is 24.3 Å². The van der Waals surface area contributed by atoms with Gasteiger partial charge in [0, 0.05) is 19.5 Å². The summed E-state index contributed by atoms with van der Waals surface area (Å²) in [5, 5.41) is 2.79. The number of nitrogens with one attached hydrogen (secondary N) is 1. The minimum Gasteiger partial charge on any atom is -0.497 e. The van der Waals surface area contributed by atoms with Crippen molar-refractivity contribution in [3.8, 4) is 17.2 Å². The number of morpholine rings is 1. The van der Waals surface area contributed by atoms with Crippen LogP contribution in [0.15, 0.2) is 53.4 Å². The molecule has 180 valence electrons. The third kappa shape index (κ3) is 7.62. The van der Waals surface area contributed by atoms with Crippen LogP contribution in [0.2, 0.25) is 0 Å². The lowest BCUT2D eigenvalue weighted by atomic mass is 10.3. The van der Waals surface area contributed by atoms with Crippen molar-refractivity contribution < 1.29 is 32.2 Å². The standard InChI is InChI=1S/C23H30N2O7S/c1-29-19-4-6-20(7-5-19)31-15-2-3-23(26)24-12-16-32-21-8-10-22(11-9-21)33(27,28)25-13-17-30-18-14-25/h4-11H,2-3,12-18H2,1H3,(H,24,26). The summed E-state index contributed by atoms with van der Waals surface area (Å²) in [4.78, 5) is 12.2. The lowest BCUT2D eigenvalue weighted by Crippen LogP contribution is -2.40. The summed E-state index contributed by atoms with van der Waals surface area (Å²) in [5.41, 5.74) is 0. The Morgan fingerprint density at radius 3 is 2.15 bits per heavy atom. The summed E-state index contributed by atoms with van der Waals surface area (Å²) >= 11 is 0. The van der Waals surface area contributed by atoms with Gasteiger partial charge in [-0.05, 0) is 55.0 Å². The zero-order chi connectivity index (χ0) is 23.5. The molecule has 0 bridgehead atoms. The maximum absolute atomic E-state index is 12.6. The second-order valence-corrected chi connectivity index (χ2v) is 9.25. The minimum absolute atomic E-state index is 0.0797. The lowest BCUT2D eigenvalue weighted by Gasteiger charge is -2.26. The number of sulfonamides is 1. The molecule has 1 saturated heterocycles. The van der Waals surface area contributed by atoms with Gasteiger partial charge in [-0.3, -0.25) is 4.79 Å². The molecule has 1 aliphatic heterocycles. The molecule has 1 amide bonds. The highest BCUT2D eigenvalue weighted by molar-refractivity contribution is 7.89. The van der Waals surface area contributed by atoms with E-state index in [-0.39, 0.29) is 17.4 Å². The summed E-state index contributed by atoms with van der Waals surface area (Å²) in [6.45, 7) is 2.59. The molecular weight excluding hydrogens is 448 g/mol. The Morgan fingerprint density at radius 1 is 0.939 bits per heavy atom. The van der Waals surface area contributed by atoms with E-state index < -0.39 is 10.0 Å². The molecular formula is C23H30N2O7S. The van der Waals surface area contributed by atoms with Crippen LogP contribution in [0.3, 0.4) is 0 Å². The fourth-order valence-electron chi connectivity index (χ4n) is 3.19. The molecule has 3 rings (SSSR count). The van der Waals surface area contributed by atoms with Gasteiger partial charge in [0.15, 0.2) is 0 Å². The number of ether oxygens (including phenoxy) is 4. The molecule has 0 radical (unpaired) electrons. The fraction of sp³-hybridized carbons (Fsp3) is 0.435. The highest BCUT2D eigenvalue weighted by Crippen LogP contribution is 2.20. The molecule has 2 aromatic carbocycles. The van der Waals surface area contributed by atoms with Gasteiger partial charge in [-0.2, -0.15) is 4.31 Å². The SMILES string of the molecule is COc1ccc(OCCCC(=O)NCCOc2ccc(S(=O)(=O)N3CCOCC3)cc2)cc1. The van der Waals surface area contributed by atoms with E-state index in [1.807, 2.05) is 24.3 Å². The van der Waals surface area contributed by atoms with Gasteiger partial charge in [-0.15, -0.1) is 0 Å². The van der Waals surface area contributed by atoms with Crippen molar-refractivity contribution in [2.45, 2.75) is 17.7 Å². The minimum atomic E-state index is -3.52. The van der Waals surface area contributed by atoms with Crippen molar-refractivity contribution in [2.24, 2.45) is 0 Å². The van der Waals surface area contributed by atoms with Crippen molar-refractivity contribution in [3.05, 3.63) is 48.5 Å². The highest BCUT2D eigenvalue weighted by Gasteiger charge is 2.26. The smallest absolute Gasteiger partial charge is 0.243 e. The molecule has 0 saturated carbocycles. The first kappa shape index (κ1) is 24.8. The molecule has 10 heteroatoms.